The molecule has 2 saturated heterocycles. The summed E-state index contributed by atoms with van der Waals surface area (Å²) in [6.45, 7) is 4.77. The fraction of sp³-hybridized carbons (Fsp3) is 0.333. The van der Waals surface area contributed by atoms with Crippen LogP contribution < -0.4 is 14.8 Å². The Labute approximate surface area is 294 Å². The number of nitrogens with zero attached hydrogens (tertiary/aromatic N) is 2. The average molecular weight is 697 g/mol. The number of ether oxygens (including phenoxy) is 1. The minimum absolute atomic E-state index is 0.0344. The highest BCUT2D eigenvalue weighted by Gasteiger charge is 2.30. The molecule has 3 N–H and O–H groups in total. The summed E-state index contributed by atoms with van der Waals surface area (Å²) in [5, 5.41) is 12.7. The average Bonchev–Trinajstić information content (AvgIpc) is 3.66. The summed E-state index contributed by atoms with van der Waals surface area (Å²) in [5.41, 5.74) is 1.29. The highest BCUT2D eigenvalue weighted by atomic mass is 32.2. The van der Waals surface area contributed by atoms with Crippen molar-refractivity contribution < 1.29 is 27.9 Å². The molecular formula is C39H44N4O6S. The van der Waals surface area contributed by atoms with Gasteiger partial charge in [-0.1, -0.05) is 42.5 Å². The zero-order chi connectivity index (χ0) is 34.9. The summed E-state index contributed by atoms with van der Waals surface area (Å²) in [6.07, 6.45) is 5.83. The van der Waals surface area contributed by atoms with E-state index in [1.165, 1.54) is 50.2 Å². The number of hydrogen-bond acceptors (Lipinski definition) is 7. The Morgan fingerprint density at radius 1 is 0.820 bits per heavy atom. The Bertz CT molecular complexity index is 1840. The lowest BCUT2D eigenvalue weighted by Crippen LogP contribution is -2.51. The number of nitrogens with one attached hydrogen (secondary N) is 2. The van der Waals surface area contributed by atoms with Gasteiger partial charge in [-0.3, -0.25) is 14.3 Å². The fourth-order valence-corrected chi connectivity index (χ4v) is 7.66. The van der Waals surface area contributed by atoms with Crippen LogP contribution in [0.2, 0.25) is 0 Å². The highest BCUT2D eigenvalue weighted by molar-refractivity contribution is 7.92. The van der Waals surface area contributed by atoms with Crippen molar-refractivity contribution in [3.05, 3.63) is 114 Å². The Balaban J connectivity index is 1.11. The van der Waals surface area contributed by atoms with Gasteiger partial charge in [-0.15, -0.1) is 0 Å². The van der Waals surface area contributed by atoms with Gasteiger partial charge in [0, 0.05) is 25.1 Å². The standard InChI is InChI=1S/C39H44N4O6S/c44-32-16-12-30(13-17-32)28-36(39(46)43-26-21-29(22-27-43)20-25-42-23-6-7-24-42)40-38(45)31-14-18-34(19-15-31)50(47,48)41-35-10-4-5-11-37(35)49-33-8-2-1-3-9-33/h1-5,8-19,29,36,41,44H,6-7,20-28H2,(H,40,45)/t36-/m0/s1. The van der Waals surface area contributed by atoms with Gasteiger partial charge in [0.15, 0.2) is 5.75 Å². The third-order valence-electron chi connectivity index (χ3n) is 9.49. The molecule has 2 aliphatic heterocycles. The minimum Gasteiger partial charge on any atom is -0.508 e. The molecule has 262 valence electrons. The van der Waals surface area contributed by atoms with Gasteiger partial charge in [0.1, 0.15) is 17.5 Å². The van der Waals surface area contributed by atoms with Crippen LogP contribution in [-0.4, -0.2) is 73.9 Å². The number of aromatic hydroxyl groups is 1. The minimum atomic E-state index is -4.03. The Morgan fingerprint density at radius 3 is 2.18 bits per heavy atom. The number of likely N-dealkylation sites (tertiary alicyclic amines) is 2. The number of sulfonamides is 1. The second-order valence-electron chi connectivity index (χ2n) is 13.0. The van der Waals surface area contributed by atoms with Gasteiger partial charge in [0.05, 0.1) is 10.6 Å². The topological polar surface area (TPSA) is 128 Å². The predicted molar refractivity (Wildman–Crippen MR) is 193 cm³/mol. The number of hydrogen-bond donors (Lipinski definition) is 3. The largest absolute Gasteiger partial charge is 0.508 e. The number of amides is 2. The first kappa shape index (κ1) is 35.0. The van der Waals surface area contributed by atoms with Gasteiger partial charge in [-0.2, -0.15) is 0 Å². The van der Waals surface area contributed by atoms with Gasteiger partial charge in [0.2, 0.25) is 5.91 Å². The summed E-state index contributed by atoms with van der Waals surface area (Å²) >= 11 is 0. The maximum absolute atomic E-state index is 13.9. The van der Waals surface area contributed by atoms with Gasteiger partial charge in [-0.25, -0.2) is 8.42 Å². The first-order chi connectivity index (χ1) is 24.2. The molecule has 0 spiro atoms. The van der Waals surface area contributed by atoms with E-state index in [9.17, 15) is 23.1 Å². The molecule has 11 heteroatoms. The van der Waals surface area contributed by atoms with Crippen LogP contribution in [0.1, 0.15) is 48.0 Å². The Hall–Kier alpha value is -4.87. The molecule has 0 unspecified atom stereocenters. The van der Waals surface area contributed by atoms with Crippen molar-refractivity contribution in [1.82, 2.24) is 15.1 Å². The molecule has 4 aromatic carbocycles. The van der Waals surface area contributed by atoms with E-state index in [2.05, 4.69) is 14.9 Å². The van der Waals surface area contributed by atoms with Crippen molar-refractivity contribution >= 4 is 27.5 Å². The van der Waals surface area contributed by atoms with Gasteiger partial charge < -0.3 is 25.0 Å². The SMILES string of the molecule is O=C(N[C@@H](Cc1ccc(O)cc1)C(=O)N1CCC(CCN2CCCC2)CC1)c1ccc(S(=O)(=O)Nc2ccccc2Oc2ccccc2)cc1. The summed E-state index contributed by atoms with van der Waals surface area (Å²) in [4.78, 5) is 31.7. The maximum atomic E-state index is 13.9. The van der Waals surface area contributed by atoms with E-state index in [4.69, 9.17) is 4.74 Å². The molecule has 50 heavy (non-hydrogen) atoms. The molecule has 4 aromatic rings. The van der Waals surface area contributed by atoms with E-state index >= 15 is 0 Å². The van der Waals surface area contributed by atoms with Gasteiger partial charge in [0.25, 0.3) is 15.9 Å². The lowest BCUT2D eigenvalue weighted by Gasteiger charge is -2.35. The zero-order valence-corrected chi connectivity index (χ0v) is 28.9. The van der Waals surface area contributed by atoms with Crippen LogP contribution in [0.4, 0.5) is 5.69 Å². The van der Waals surface area contributed by atoms with E-state index in [1.54, 1.807) is 60.7 Å². The molecule has 2 aliphatic rings. The molecular weight excluding hydrogens is 653 g/mol. The third-order valence-corrected chi connectivity index (χ3v) is 10.9. The lowest BCUT2D eigenvalue weighted by molar-refractivity contribution is -0.134. The smallest absolute Gasteiger partial charge is 0.262 e. The second kappa shape index (κ2) is 16.2. The van der Waals surface area contributed by atoms with Crippen LogP contribution in [0.25, 0.3) is 0 Å². The number of anilines is 1. The van der Waals surface area contributed by atoms with Crippen molar-refractivity contribution in [3.8, 4) is 17.2 Å². The number of benzene rings is 4. The Morgan fingerprint density at radius 2 is 1.48 bits per heavy atom. The predicted octanol–water partition coefficient (Wildman–Crippen LogP) is 6.05. The monoisotopic (exact) mass is 696 g/mol. The van der Waals surface area contributed by atoms with E-state index in [-0.39, 0.29) is 34.2 Å². The van der Waals surface area contributed by atoms with Crippen molar-refractivity contribution in [2.24, 2.45) is 5.92 Å². The van der Waals surface area contributed by atoms with Crippen LogP contribution >= 0.6 is 0 Å². The van der Waals surface area contributed by atoms with Crippen molar-refractivity contribution in [2.75, 3.05) is 37.4 Å². The maximum Gasteiger partial charge on any atom is 0.262 e. The number of phenolic OH excluding ortho intramolecular Hbond substituents is 1. The van der Waals surface area contributed by atoms with E-state index in [1.807, 2.05) is 23.1 Å². The molecule has 0 radical (unpaired) electrons. The summed E-state index contributed by atoms with van der Waals surface area (Å²) < 4.78 is 35.2. The molecule has 2 heterocycles. The molecule has 0 bridgehead atoms. The van der Waals surface area contributed by atoms with Gasteiger partial charge in [-0.05, 0) is 124 Å². The van der Waals surface area contributed by atoms with Crippen LogP contribution in [0.5, 0.6) is 17.2 Å². The van der Waals surface area contributed by atoms with Crippen molar-refractivity contribution in [1.29, 1.82) is 0 Å². The van der Waals surface area contributed by atoms with E-state index in [0.29, 0.717) is 30.5 Å². The summed E-state index contributed by atoms with van der Waals surface area (Å²) in [5.74, 6) is 0.973. The number of carbonyl (C=O) groups excluding carboxylic acids is 2. The first-order valence-corrected chi connectivity index (χ1v) is 18.8. The molecule has 2 fully saturated rings. The van der Waals surface area contributed by atoms with E-state index in [0.717, 1.165) is 31.4 Å². The number of piperidine rings is 1. The number of para-hydroxylation sites is 3. The molecule has 10 nitrogen and oxygen atoms in total. The van der Waals surface area contributed by atoms with Crippen LogP contribution in [-0.2, 0) is 21.2 Å². The second-order valence-corrected chi connectivity index (χ2v) is 14.7. The zero-order valence-electron chi connectivity index (χ0n) is 28.0. The molecule has 0 aliphatic carbocycles. The first-order valence-electron chi connectivity index (χ1n) is 17.3. The highest BCUT2D eigenvalue weighted by Crippen LogP contribution is 2.31. The number of phenols is 1. The van der Waals surface area contributed by atoms with E-state index < -0.39 is 22.0 Å². The fourth-order valence-electron chi connectivity index (χ4n) is 6.59. The molecule has 0 aromatic heterocycles. The quantitative estimate of drug-likeness (QED) is 0.155. The summed E-state index contributed by atoms with van der Waals surface area (Å²) in [6, 6.07) is 27.2. The number of rotatable bonds is 13. The molecule has 2 amide bonds. The molecule has 6 rings (SSSR count). The van der Waals surface area contributed by atoms with Crippen molar-refractivity contribution in [2.45, 2.75) is 49.5 Å². The molecule has 1 atom stereocenters. The van der Waals surface area contributed by atoms with Crippen molar-refractivity contribution in [3.63, 3.8) is 0 Å². The third kappa shape index (κ3) is 9.22. The Kier molecular flexibility index (Phi) is 11.3. The normalized spacial score (nSPS) is 16.1. The summed E-state index contributed by atoms with van der Waals surface area (Å²) in [7, 11) is -4.03. The van der Waals surface area contributed by atoms with Crippen LogP contribution in [0, 0.1) is 5.92 Å². The van der Waals surface area contributed by atoms with Crippen LogP contribution in [0.15, 0.2) is 108 Å². The van der Waals surface area contributed by atoms with Gasteiger partial charge >= 0.3 is 0 Å². The molecule has 0 saturated carbocycles. The van der Waals surface area contributed by atoms with Crippen LogP contribution in [0.3, 0.4) is 0 Å². The number of carbonyl (C=O) groups is 2. The lowest BCUT2D eigenvalue weighted by atomic mass is 9.92.